The molecule has 0 bridgehead atoms. The zero-order chi connectivity index (χ0) is 34.9. The van der Waals surface area contributed by atoms with Crippen LogP contribution in [0.5, 0.6) is 5.75 Å². The highest BCUT2D eigenvalue weighted by molar-refractivity contribution is 6.03. The minimum absolute atomic E-state index is 0.0689. The number of nitrogens with one attached hydrogen (secondary N) is 2. The molecule has 5 rings (SSSR count). The van der Waals surface area contributed by atoms with Crippen LogP contribution in [0.2, 0.25) is 0 Å². The maximum Gasteiger partial charge on any atom is 0.321 e. The lowest BCUT2D eigenvalue weighted by Crippen LogP contribution is -2.55. The van der Waals surface area contributed by atoms with Crippen molar-refractivity contribution in [2.24, 2.45) is 5.92 Å². The SMILES string of the molecule is O=C(CNC(=O)COc1ccc([C@@H]2[C@@H](CC[C@H](O)c3ccc(F)cc3)C(=O)N2c2ccc(F)cc2)cc1)C[C@@H](NC1CCCCC1)C(=O)O. The van der Waals surface area contributed by atoms with E-state index in [9.17, 15) is 38.2 Å². The van der Waals surface area contributed by atoms with Crippen molar-refractivity contribution in [3.05, 3.63) is 95.6 Å². The number of β-lactam (4-membered cyclic amide) rings is 1. The van der Waals surface area contributed by atoms with E-state index >= 15 is 0 Å². The summed E-state index contributed by atoms with van der Waals surface area (Å²) in [5.41, 5.74) is 1.84. The van der Waals surface area contributed by atoms with Gasteiger partial charge in [-0.05, 0) is 85.3 Å². The van der Waals surface area contributed by atoms with Crippen LogP contribution in [-0.2, 0) is 19.2 Å². The van der Waals surface area contributed by atoms with Crippen molar-refractivity contribution in [3.63, 3.8) is 0 Å². The number of carbonyl (C=O) groups is 4. The van der Waals surface area contributed by atoms with Crippen LogP contribution in [0.4, 0.5) is 14.5 Å². The second kappa shape index (κ2) is 16.6. The minimum atomic E-state index is -1.10. The molecule has 12 heteroatoms. The van der Waals surface area contributed by atoms with Gasteiger partial charge >= 0.3 is 5.97 Å². The van der Waals surface area contributed by atoms with Crippen molar-refractivity contribution in [1.29, 1.82) is 0 Å². The molecule has 4 atom stereocenters. The molecule has 1 heterocycles. The van der Waals surface area contributed by atoms with Gasteiger partial charge in [0.15, 0.2) is 12.4 Å². The second-order valence-corrected chi connectivity index (χ2v) is 12.7. The summed E-state index contributed by atoms with van der Waals surface area (Å²) >= 11 is 0. The fraction of sp³-hybridized carbons (Fsp3) is 0.405. The minimum Gasteiger partial charge on any atom is -0.484 e. The number of aliphatic carboxylic acids is 1. The first-order chi connectivity index (χ1) is 23.6. The van der Waals surface area contributed by atoms with E-state index in [0.29, 0.717) is 23.4 Å². The lowest BCUT2D eigenvalue weighted by Gasteiger charge is -2.48. The number of ketones is 1. The average Bonchev–Trinajstić information content (AvgIpc) is 3.10. The van der Waals surface area contributed by atoms with Gasteiger partial charge in [0.2, 0.25) is 5.91 Å². The molecule has 2 fully saturated rings. The standard InChI is InChI=1S/C37H41F2N3O7/c38-25-10-6-23(7-11-25)33(44)19-18-31-35(42(36(31)46)28-14-12-26(39)13-15-28)24-8-16-30(17-9-24)49-22-34(45)40-21-29(43)20-32(37(47)48)41-27-4-2-1-3-5-27/h6-17,27,31-33,35,41,44H,1-5,18-22H2,(H,40,45)(H,47,48)/t31-,32-,33+,35-/m1/s1. The van der Waals surface area contributed by atoms with Crippen molar-refractivity contribution >= 4 is 29.3 Å². The van der Waals surface area contributed by atoms with E-state index < -0.39 is 53.4 Å². The molecule has 1 saturated carbocycles. The topological polar surface area (TPSA) is 145 Å². The summed E-state index contributed by atoms with van der Waals surface area (Å²) in [5, 5.41) is 25.8. The van der Waals surface area contributed by atoms with Gasteiger partial charge in [-0.15, -0.1) is 0 Å². The van der Waals surface area contributed by atoms with Gasteiger partial charge in [-0.1, -0.05) is 43.5 Å². The third kappa shape index (κ3) is 9.48. The Kier molecular flexibility index (Phi) is 12.1. The van der Waals surface area contributed by atoms with Crippen LogP contribution in [-0.4, -0.2) is 59.0 Å². The first kappa shape index (κ1) is 35.6. The van der Waals surface area contributed by atoms with E-state index in [1.54, 1.807) is 29.2 Å². The number of anilines is 1. The molecule has 1 aliphatic carbocycles. The molecule has 49 heavy (non-hydrogen) atoms. The Labute approximate surface area is 283 Å². The number of aliphatic hydroxyl groups excluding tert-OH is 1. The average molecular weight is 678 g/mol. The van der Waals surface area contributed by atoms with Gasteiger partial charge < -0.3 is 30.5 Å². The highest BCUT2D eigenvalue weighted by Gasteiger charge is 2.48. The normalized spacial score (nSPS) is 19.1. The van der Waals surface area contributed by atoms with Crippen molar-refractivity contribution < 1.29 is 42.9 Å². The Hall–Kier alpha value is -4.68. The maximum absolute atomic E-state index is 13.6. The molecule has 10 nitrogen and oxygen atoms in total. The van der Waals surface area contributed by atoms with Crippen LogP contribution < -0.4 is 20.3 Å². The second-order valence-electron chi connectivity index (χ2n) is 12.7. The van der Waals surface area contributed by atoms with Crippen LogP contribution in [0.25, 0.3) is 0 Å². The fourth-order valence-corrected chi connectivity index (χ4v) is 6.52. The molecule has 0 unspecified atom stereocenters. The number of carboxylic acid groups (broad SMARTS) is 1. The number of amides is 2. The van der Waals surface area contributed by atoms with Gasteiger partial charge in [0, 0.05) is 18.2 Å². The number of Topliss-reactive ketones (excluding diaryl/α,β-unsaturated/α-hetero) is 1. The Balaban J connectivity index is 1.15. The van der Waals surface area contributed by atoms with E-state index in [1.165, 1.54) is 48.5 Å². The van der Waals surface area contributed by atoms with E-state index in [2.05, 4.69) is 10.6 Å². The van der Waals surface area contributed by atoms with Crippen LogP contribution in [0.1, 0.15) is 74.6 Å². The Bertz CT molecular complexity index is 1600. The van der Waals surface area contributed by atoms with Gasteiger partial charge in [0.05, 0.1) is 24.6 Å². The molecule has 4 N–H and O–H groups in total. The molecular weight excluding hydrogens is 636 g/mol. The quantitative estimate of drug-likeness (QED) is 0.155. The predicted molar refractivity (Wildman–Crippen MR) is 177 cm³/mol. The highest BCUT2D eigenvalue weighted by Crippen LogP contribution is 2.46. The van der Waals surface area contributed by atoms with Gasteiger partial charge in [0.1, 0.15) is 23.4 Å². The number of nitrogens with zero attached hydrogens (tertiary/aromatic N) is 1. The first-order valence-corrected chi connectivity index (χ1v) is 16.6. The van der Waals surface area contributed by atoms with Gasteiger partial charge in [-0.25, -0.2) is 8.78 Å². The summed E-state index contributed by atoms with van der Waals surface area (Å²) in [6, 6.07) is 16.6. The summed E-state index contributed by atoms with van der Waals surface area (Å²) in [6.45, 7) is -0.688. The Morgan fingerprint density at radius 3 is 2.16 bits per heavy atom. The number of halogens is 2. The van der Waals surface area contributed by atoms with Gasteiger partial charge in [-0.3, -0.25) is 19.2 Å². The molecular formula is C37H41F2N3O7. The number of rotatable bonds is 16. The molecule has 0 spiro atoms. The van der Waals surface area contributed by atoms with Crippen molar-refractivity contribution in [1.82, 2.24) is 10.6 Å². The third-order valence-corrected chi connectivity index (χ3v) is 9.17. The largest absolute Gasteiger partial charge is 0.484 e. The van der Waals surface area contributed by atoms with Crippen LogP contribution >= 0.6 is 0 Å². The molecule has 0 aromatic heterocycles. The Morgan fingerprint density at radius 2 is 1.53 bits per heavy atom. The monoisotopic (exact) mass is 677 g/mol. The maximum atomic E-state index is 13.6. The molecule has 260 valence electrons. The number of ether oxygens (including phenoxy) is 1. The number of carboxylic acids is 1. The smallest absolute Gasteiger partial charge is 0.321 e. The van der Waals surface area contributed by atoms with Crippen molar-refractivity contribution in [3.8, 4) is 5.75 Å². The molecule has 3 aromatic carbocycles. The van der Waals surface area contributed by atoms with Crippen LogP contribution in [0.3, 0.4) is 0 Å². The van der Waals surface area contributed by atoms with Crippen LogP contribution in [0.15, 0.2) is 72.8 Å². The molecule has 2 aliphatic rings. The summed E-state index contributed by atoms with van der Waals surface area (Å²) in [5.74, 6) is -3.17. The summed E-state index contributed by atoms with van der Waals surface area (Å²) in [4.78, 5) is 51.4. The number of aliphatic hydroxyl groups is 1. The molecule has 0 radical (unpaired) electrons. The molecule has 1 saturated heterocycles. The summed E-state index contributed by atoms with van der Waals surface area (Å²) in [6.07, 6.45) is 4.42. The zero-order valence-corrected chi connectivity index (χ0v) is 27.0. The molecule has 2 amide bonds. The number of hydrogen-bond donors (Lipinski definition) is 4. The number of benzene rings is 3. The summed E-state index contributed by atoms with van der Waals surface area (Å²) < 4.78 is 32.6. The molecule has 3 aromatic rings. The highest BCUT2D eigenvalue weighted by atomic mass is 19.1. The van der Waals surface area contributed by atoms with Gasteiger partial charge in [-0.2, -0.15) is 0 Å². The van der Waals surface area contributed by atoms with E-state index in [0.717, 1.165) is 37.7 Å². The number of carbonyl (C=O) groups excluding carboxylic acids is 3. The van der Waals surface area contributed by atoms with E-state index in [-0.39, 0.29) is 37.9 Å². The number of hydrogen-bond acceptors (Lipinski definition) is 7. The molecule has 1 aliphatic heterocycles. The lowest BCUT2D eigenvalue weighted by molar-refractivity contribution is -0.141. The lowest BCUT2D eigenvalue weighted by atomic mass is 9.78. The third-order valence-electron chi connectivity index (χ3n) is 9.17. The zero-order valence-electron chi connectivity index (χ0n) is 27.0. The van der Waals surface area contributed by atoms with E-state index in [1.807, 2.05) is 0 Å². The van der Waals surface area contributed by atoms with Gasteiger partial charge in [0.25, 0.3) is 5.91 Å². The van der Waals surface area contributed by atoms with Crippen LogP contribution in [0, 0.1) is 17.6 Å². The summed E-state index contributed by atoms with van der Waals surface area (Å²) in [7, 11) is 0. The van der Waals surface area contributed by atoms with E-state index in [4.69, 9.17) is 4.74 Å². The fourth-order valence-electron chi connectivity index (χ4n) is 6.52. The van der Waals surface area contributed by atoms with Crippen molar-refractivity contribution in [2.45, 2.75) is 75.6 Å². The first-order valence-electron chi connectivity index (χ1n) is 16.6. The Morgan fingerprint density at radius 1 is 0.898 bits per heavy atom. The van der Waals surface area contributed by atoms with Crippen molar-refractivity contribution in [2.75, 3.05) is 18.1 Å². The predicted octanol–water partition coefficient (Wildman–Crippen LogP) is 5.01.